The molecule has 1 N–H and O–H groups in total. The first-order valence-corrected chi connectivity index (χ1v) is 14.8. The maximum atomic E-state index is 14.5. The molecule has 3 fully saturated rings. The van der Waals surface area contributed by atoms with Gasteiger partial charge in [-0.3, -0.25) is 19.3 Å². The van der Waals surface area contributed by atoms with E-state index in [0.717, 1.165) is 18.8 Å². The van der Waals surface area contributed by atoms with E-state index in [4.69, 9.17) is 9.47 Å². The van der Waals surface area contributed by atoms with Crippen LogP contribution in [0, 0.1) is 11.8 Å². The highest BCUT2D eigenvalue weighted by Gasteiger charge is 2.75. The number of ether oxygens (including phenoxy) is 2. The normalized spacial score (nSPS) is 34.4. The quantitative estimate of drug-likeness (QED) is 0.494. The molecule has 10 heteroatoms. The first kappa shape index (κ1) is 28.1. The number of hydrogen-bond acceptors (Lipinski definition) is 7. The van der Waals surface area contributed by atoms with Crippen LogP contribution in [-0.2, 0) is 23.9 Å². The lowest BCUT2D eigenvalue weighted by molar-refractivity contribution is -0.154. The van der Waals surface area contributed by atoms with Gasteiger partial charge in [-0.05, 0) is 25.5 Å². The average Bonchev–Trinajstić information content (AvgIpc) is 3.26. The fourth-order valence-electron chi connectivity index (χ4n) is 7.44. The van der Waals surface area contributed by atoms with Crippen molar-refractivity contribution in [1.82, 2.24) is 14.7 Å². The number of carbonyl (C=O) groups excluding carboxylic acids is 3. The number of amides is 3. The van der Waals surface area contributed by atoms with Gasteiger partial charge in [0.1, 0.15) is 11.6 Å². The lowest BCUT2D eigenvalue weighted by Crippen LogP contribution is -2.59. The van der Waals surface area contributed by atoms with Crippen molar-refractivity contribution >= 4 is 23.4 Å². The maximum Gasteiger partial charge on any atom is 0.249 e. The van der Waals surface area contributed by atoms with E-state index in [1.807, 2.05) is 68.5 Å². The summed E-state index contributed by atoms with van der Waals surface area (Å²) in [4.78, 5) is 50.6. The van der Waals surface area contributed by atoms with E-state index in [1.54, 1.807) is 14.7 Å². The molecule has 220 valence electrons. The second kappa shape index (κ2) is 11.0. The lowest BCUT2D eigenvalue weighted by atomic mass is 9.74. The number of nitrogens with zero attached hydrogens (tertiary/aromatic N) is 4. The minimum atomic E-state index is -1.33. The van der Waals surface area contributed by atoms with Crippen molar-refractivity contribution in [2.75, 3.05) is 64.0 Å². The molecule has 3 amide bonds. The Hall–Kier alpha value is -3.05. The van der Waals surface area contributed by atoms with Crippen LogP contribution in [0.5, 0.6) is 0 Å². The molecule has 0 saturated carbocycles. The standard InChI is InChI=1S/C31H40N4O6/c1-3-22(21-36)35-26-29(39)33(16-15-32-17-19-40-20-18-32)13-8-12-31(26)25(28(35)38)24-27(37)34(23-9-5-4-6-10-23)14-7-11-30(24,2)41-31/h4-12,22,24-26,36H,3,13-21H2,1-2H3/t22-,24+,25-,26?,30-,31-/m0/s1. The Morgan fingerprint density at radius 2 is 1.68 bits per heavy atom. The maximum absolute atomic E-state index is 14.5. The number of aliphatic hydroxyl groups is 1. The molecule has 5 aliphatic rings. The molecule has 0 aromatic heterocycles. The van der Waals surface area contributed by atoms with Crippen molar-refractivity contribution in [3.05, 3.63) is 54.6 Å². The summed E-state index contributed by atoms with van der Waals surface area (Å²) in [5, 5.41) is 10.3. The van der Waals surface area contributed by atoms with Gasteiger partial charge in [-0.1, -0.05) is 49.4 Å². The van der Waals surface area contributed by atoms with E-state index < -0.39 is 35.1 Å². The van der Waals surface area contributed by atoms with Crippen molar-refractivity contribution < 1.29 is 29.0 Å². The monoisotopic (exact) mass is 564 g/mol. The van der Waals surface area contributed by atoms with Gasteiger partial charge in [-0.25, -0.2) is 0 Å². The number of anilines is 1. The number of rotatable bonds is 7. The predicted molar refractivity (Wildman–Crippen MR) is 152 cm³/mol. The molecule has 1 aromatic carbocycles. The van der Waals surface area contributed by atoms with Gasteiger partial charge < -0.3 is 29.3 Å². The molecule has 0 bridgehead atoms. The number of hydrogen-bond donors (Lipinski definition) is 1. The van der Waals surface area contributed by atoms with Gasteiger partial charge in [0, 0.05) is 45.0 Å². The zero-order chi connectivity index (χ0) is 28.8. The minimum Gasteiger partial charge on any atom is -0.394 e. The molecule has 6 atom stereocenters. The van der Waals surface area contributed by atoms with E-state index in [2.05, 4.69) is 4.90 Å². The second-order valence-electron chi connectivity index (χ2n) is 11.8. The molecule has 0 radical (unpaired) electrons. The topological polar surface area (TPSA) is 103 Å². The molecule has 5 aliphatic heterocycles. The van der Waals surface area contributed by atoms with Crippen LogP contribution < -0.4 is 4.90 Å². The summed E-state index contributed by atoms with van der Waals surface area (Å²) in [6, 6.07) is 7.88. The summed E-state index contributed by atoms with van der Waals surface area (Å²) < 4.78 is 12.4. The zero-order valence-electron chi connectivity index (χ0n) is 23.9. The Balaban J connectivity index is 1.39. The highest BCUT2D eigenvalue weighted by atomic mass is 16.5. The van der Waals surface area contributed by atoms with Gasteiger partial charge in [0.15, 0.2) is 0 Å². The summed E-state index contributed by atoms with van der Waals surface area (Å²) in [5.74, 6) is -2.46. The van der Waals surface area contributed by atoms with Gasteiger partial charge in [-0.2, -0.15) is 0 Å². The molecule has 1 unspecified atom stereocenters. The minimum absolute atomic E-state index is 0.203. The number of benzene rings is 1. The van der Waals surface area contributed by atoms with Gasteiger partial charge in [0.05, 0.1) is 43.3 Å². The predicted octanol–water partition coefficient (Wildman–Crippen LogP) is 1.06. The summed E-state index contributed by atoms with van der Waals surface area (Å²) in [6.07, 6.45) is 8.06. The Kier molecular flexibility index (Phi) is 7.52. The first-order chi connectivity index (χ1) is 19.8. The zero-order valence-corrected chi connectivity index (χ0v) is 23.9. The summed E-state index contributed by atoms with van der Waals surface area (Å²) >= 11 is 0. The van der Waals surface area contributed by atoms with Crippen molar-refractivity contribution in [1.29, 1.82) is 0 Å². The molecule has 6 rings (SSSR count). The smallest absolute Gasteiger partial charge is 0.249 e. The van der Waals surface area contributed by atoms with Crippen LogP contribution in [0.25, 0.3) is 0 Å². The van der Waals surface area contributed by atoms with Crippen LogP contribution in [0.15, 0.2) is 54.6 Å². The highest BCUT2D eigenvalue weighted by Crippen LogP contribution is 2.58. The van der Waals surface area contributed by atoms with Crippen LogP contribution in [0.3, 0.4) is 0 Å². The fourth-order valence-corrected chi connectivity index (χ4v) is 7.44. The van der Waals surface area contributed by atoms with Crippen molar-refractivity contribution in [3.8, 4) is 0 Å². The van der Waals surface area contributed by atoms with Gasteiger partial charge >= 0.3 is 0 Å². The Morgan fingerprint density at radius 3 is 2.39 bits per heavy atom. The van der Waals surface area contributed by atoms with Gasteiger partial charge in [0.25, 0.3) is 0 Å². The fraction of sp³-hybridized carbons (Fsp3) is 0.581. The number of para-hydroxylation sites is 1. The third kappa shape index (κ3) is 4.52. The number of carbonyl (C=O) groups is 3. The van der Waals surface area contributed by atoms with Crippen molar-refractivity contribution in [2.45, 2.75) is 43.6 Å². The van der Waals surface area contributed by atoms with E-state index in [1.165, 1.54) is 0 Å². The second-order valence-corrected chi connectivity index (χ2v) is 11.8. The molecule has 0 aliphatic carbocycles. The number of fused-ring (bicyclic) bond motifs is 2. The molecule has 41 heavy (non-hydrogen) atoms. The van der Waals surface area contributed by atoms with Crippen LogP contribution in [0.1, 0.15) is 20.3 Å². The third-order valence-electron chi connectivity index (χ3n) is 9.51. The van der Waals surface area contributed by atoms with Crippen LogP contribution in [0.2, 0.25) is 0 Å². The van der Waals surface area contributed by atoms with E-state index in [-0.39, 0.29) is 24.3 Å². The SMILES string of the molecule is CC[C@@H](CO)N1C(=O)[C@@H]2[C@@H]3C(=O)N(c4ccccc4)CC=C[C@]3(C)O[C@@]23C=CCN(CCN2CCOCC2)C(=O)C13. The van der Waals surface area contributed by atoms with Gasteiger partial charge in [-0.15, -0.1) is 0 Å². The molecule has 1 spiro atoms. The van der Waals surface area contributed by atoms with Crippen molar-refractivity contribution in [3.63, 3.8) is 0 Å². The Morgan fingerprint density at radius 1 is 0.951 bits per heavy atom. The summed E-state index contributed by atoms with van der Waals surface area (Å²) in [5.41, 5.74) is -1.67. The van der Waals surface area contributed by atoms with Crippen molar-refractivity contribution in [2.24, 2.45) is 11.8 Å². The average molecular weight is 565 g/mol. The van der Waals surface area contributed by atoms with Crippen LogP contribution in [-0.4, -0.2) is 120 Å². The molecule has 3 saturated heterocycles. The Bertz CT molecular complexity index is 1230. The van der Waals surface area contributed by atoms with Gasteiger partial charge in [0.2, 0.25) is 17.7 Å². The van der Waals surface area contributed by atoms with Crippen LogP contribution >= 0.6 is 0 Å². The number of likely N-dealkylation sites (tertiary alicyclic amines) is 1. The Labute approximate surface area is 241 Å². The van der Waals surface area contributed by atoms with E-state index in [9.17, 15) is 19.5 Å². The molecular formula is C31H40N4O6. The largest absolute Gasteiger partial charge is 0.394 e. The third-order valence-corrected chi connectivity index (χ3v) is 9.51. The molecule has 5 heterocycles. The number of aliphatic hydroxyl groups excluding tert-OH is 1. The van der Waals surface area contributed by atoms with E-state index >= 15 is 0 Å². The highest BCUT2D eigenvalue weighted by molar-refractivity contribution is 6.04. The summed E-state index contributed by atoms with van der Waals surface area (Å²) in [7, 11) is 0. The molecule has 1 aromatic rings. The van der Waals surface area contributed by atoms with Crippen LogP contribution in [0.4, 0.5) is 5.69 Å². The number of morpholine rings is 1. The lowest BCUT2D eigenvalue weighted by Gasteiger charge is -2.40. The molecular weight excluding hydrogens is 524 g/mol. The van der Waals surface area contributed by atoms with E-state index in [0.29, 0.717) is 45.8 Å². The summed E-state index contributed by atoms with van der Waals surface area (Å²) in [6.45, 7) is 8.39. The first-order valence-electron chi connectivity index (χ1n) is 14.8. The molecule has 10 nitrogen and oxygen atoms in total.